The third-order valence-corrected chi connectivity index (χ3v) is 4.56. The van der Waals surface area contributed by atoms with Crippen molar-refractivity contribution < 1.29 is 5.11 Å². The molecule has 100 valence electrons. The van der Waals surface area contributed by atoms with E-state index in [1.165, 1.54) is 10.4 Å². The van der Waals surface area contributed by atoms with Gasteiger partial charge in [0.25, 0.3) is 0 Å². The molecule has 1 aliphatic rings. The molecule has 0 radical (unpaired) electrons. The van der Waals surface area contributed by atoms with E-state index in [4.69, 9.17) is 0 Å². The van der Waals surface area contributed by atoms with Crippen LogP contribution >= 0.6 is 11.3 Å². The fourth-order valence-electron chi connectivity index (χ4n) is 2.39. The van der Waals surface area contributed by atoms with Gasteiger partial charge in [-0.25, -0.2) is 4.98 Å². The lowest BCUT2D eigenvalue weighted by Gasteiger charge is -2.28. The Balaban J connectivity index is 1.65. The fraction of sp³-hybridized carbons (Fsp3) is 0.400. The quantitative estimate of drug-likeness (QED) is 0.935. The summed E-state index contributed by atoms with van der Waals surface area (Å²) in [6.07, 6.45) is 3.63. The van der Waals surface area contributed by atoms with E-state index in [9.17, 15) is 5.11 Å². The van der Waals surface area contributed by atoms with Crippen LogP contribution in [0.1, 0.15) is 17.8 Å². The Hall–Kier alpha value is -1.23. The van der Waals surface area contributed by atoms with E-state index in [2.05, 4.69) is 34.1 Å². The molecular weight excluding hydrogens is 256 g/mol. The molecule has 19 heavy (non-hydrogen) atoms. The summed E-state index contributed by atoms with van der Waals surface area (Å²) in [5.74, 6) is 0. The number of likely N-dealkylation sites (tertiary alicyclic amines) is 1. The van der Waals surface area contributed by atoms with Crippen molar-refractivity contribution in [2.75, 3.05) is 13.1 Å². The summed E-state index contributed by atoms with van der Waals surface area (Å²) in [6.45, 7) is 2.85. The van der Waals surface area contributed by atoms with Crippen LogP contribution in [-0.4, -0.2) is 34.2 Å². The molecule has 2 aromatic rings. The van der Waals surface area contributed by atoms with E-state index >= 15 is 0 Å². The Morgan fingerprint density at radius 2 is 1.95 bits per heavy atom. The number of hydrogen-bond acceptors (Lipinski definition) is 4. The van der Waals surface area contributed by atoms with Crippen LogP contribution in [0.25, 0.3) is 10.4 Å². The SMILES string of the molecule is OC1CCN(Cc2ncc(-c3ccccc3)s2)CC1. The van der Waals surface area contributed by atoms with Gasteiger partial charge < -0.3 is 5.11 Å². The number of aliphatic hydroxyl groups excluding tert-OH is 1. The first-order valence-electron chi connectivity index (χ1n) is 6.72. The van der Waals surface area contributed by atoms with Crippen LogP contribution in [0.3, 0.4) is 0 Å². The molecule has 0 amide bonds. The second kappa shape index (κ2) is 5.82. The predicted molar refractivity (Wildman–Crippen MR) is 78.1 cm³/mol. The Morgan fingerprint density at radius 3 is 2.68 bits per heavy atom. The van der Waals surface area contributed by atoms with Gasteiger partial charge in [-0.2, -0.15) is 0 Å². The number of thiazole rings is 1. The topological polar surface area (TPSA) is 36.4 Å². The van der Waals surface area contributed by atoms with Gasteiger partial charge in [0.2, 0.25) is 0 Å². The van der Waals surface area contributed by atoms with Gasteiger partial charge >= 0.3 is 0 Å². The molecule has 3 rings (SSSR count). The van der Waals surface area contributed by atoms with Crippen LogP contribution in [0.2, 0.25) is 0 Å². The molecule has 1 saturated heterocycles. The van der Waals surface area contributed by atoms with E-state index in [1.54, 1.807) is 11.3 Å². The minimum Gasteiger partial charge on any atom is -0.393 e. The standard InChI is InChI=1S/C15H18N2OS/c18-13-6-8-17(9-7-13)11-15-16-10-14(19-15)12-4-2-1-3-5-12/h1-5,10,13,18H,6-9,11H2. The first-order chi connectivity index (χ1) is 9.31. The number of aliphatic hydroxyl groups is 1. The fourth-order valence-corrected chi connectivity index (χ4v) is 3.35. The van der Waals surface area contributed by atoms with E-state index in [1.807, 2.05) is 12.3 Å². The molecule has 2 heterocycles. The van der Waals surface area contributed by atoms with Gasteiger partial charge in [0.15, 0.2) is 0 Å². The van der Waals surface area contributed by atoms with Crippen molar-refractivity contribution in [1.82, 2.24) is 9.88 Å². The average Bonchev–Trinajstić information content (AvgIpc) is 2.91. The van der Waals surface area contributed by atoms with Gasteiger partial charge in [-0.3, -0.25) is 4.90 Å². The summed E-state index contributed by atoms with van der Waals surface area (Å²) in [6, 6.07) is 10.4. The Kier molecular flexibility index (Phi) is 3.92. The first-order valence-corrected chi connectivity index (χ1v) is 7.53. The third-order valence-electron chi connectivity index (χ3n) is 3.53. The lowest BCUT2D eigenvalue weighted by atomic mass is 10.1. The van der Waals surface area contributed by atoms with Gasteiger partial charge in [-0.1, -0.05) is 30.3 Å². The van der Waals surface area contributed by atoms with Gasteiger partial charge in [0.05, 0.1) is 17.5 Å². The Bertz CT molecular complexity index is 518. The zero-order valence-corrected chi connectivity index (χ0v) is 11.6. The van der Waals surface area contributed by atoms with Crippen molar-refractivity contribution in [2.24, 2.45) is 0 Å². The van der Waals surface area contributed by atoms with E-state index < -0.39 is 0 Å². The maximum Gasteiger partial charge on any atom is 0.107 e. The smallest absolute Gasteiger partial charge is 0.107 e. The Morgan fingerprint density at radius 1 is 1.21 bits per heavy atom. The van der Waals surface area contributed by atoms with Crippen molar-refractivity contribution in [3.8, 4) is 10.4 Å². The molecule has 0 unspecified atom stereocenters. The second-order valence-electron chi connectivity index (χ2n) is 4.99. The lowest BCUT2D eigenvalue weighted by Crippen LogP contribution is -2.35. The van der Waals surface area contributed by atoms with Crippen LogP contribution in [0, 0.1) is 0 Å². The van der Waals surface area contributed by atoms with Gasteiger partial charge in [0.1, 0.15) is 5.01 Å². The molecular formula is C15H18N2OS. The van der Waals surface area contributed by atoms with Crippen LogP contribution in [-0.2, 0) is 6.54 Å². The van der Waals surface area contributed by atoms with Gasteiger partial charge in [-0.05, 0) is 18.4 Å². The zero-order valence-electron chi connectivity index (χ0n) is 10.8. The molecule has 3 nitrogen and oxygen atoms in total. The number of nitrogens with zero attached hydrogens (tertiary/aromatic N) is 2. The van der Waals surface area contributed by atoms with E-state index in [0.717, 1.165) is 37.5 Å². The number of benzene rings is 1. The molecule has 1 N–H and O–H groups in total. The van der Waals surface area contributed by atoms with Crippen LogP contribution in [0.5, 0.6) is 0 Å². The number of rotatable bonds is 3. The van der Waals surface area contributed by atoms with Gasteiger partial charge in [-0.15, -0.1) is 11.3 Å². The van der Waals surface area contributed by atoms with Crippen LogP contribution in [0.4, 0.5) is 0 Å². The summed E-state index contributed by atoms with van der Waals surface area (Å²) in [4.78, 5) is 8.12. The summed E-state index contributed by atoms with van der Waals surface area (Å²) in [5.41, 5.74) is 1.24. The normalized spacial score (nSPS) is 17.7. The molecule has 1 aromatic carbocycles. The van der Waals surface area contributed by atoms with Crippen LogP contribution in [0.15, 0.2) is 36.5 Å². The second-order valence-corrected chi connectivity index (χ2v) is 6.11. The summed E-state index contributed by atoms with van der Waals surface area (Å²) >= 11 is 1.77. The van der Waals surface area contributed by atoms with Crippen molar-refractivity contribution in [3.05, 3.63) is 41.5 Å². The van der Waals surface area contributed by atoms with Crippen molar-refractivity contribution >= 4 is 11.3 Å². The largest absolute Gasteiger partial charge is 0.393 e. The Labute approximate surface area is 117 Å². The number of hydrogen-bond donors (Lipinski definition) is 1. The van der Waals surface area contributed by atoms with E-state index in [0.29, 0.717) is 0 Å². The monoisotopic (exact) mass is 274 g/mol. The molecule has 0 saturated carbocycles. The minimum absolute atomic E-state index is 0.104. The highest BCUT2D eigenvalue weighted by Gasteiger charge is 2.18. The maximum atomic E-state index is 9.51. The van der Waals surface area contributed by atoms with Crippen molar-refractivity contribution in [2.45, 2.75) is 25.5 Å². The first kappa shape index (κ1) is 12.8. The molecule has 0 aliphatic carbocycles. The summed E-state index contributed by atoms with van der Waals surface area (Å²) in [5, 5.41) is 10.7. The van der Waals surface area contributed by atoms with Crippen LogP contribution < -0.4 is 0 Å². The minimum atomic E-state index is -0.104. The zero-order chi connectivity index (χ0) is 13.1. The predicted octanol–water partition coefficient (Wildman–Crippen LogP) is 2.77. The number of piperidine rings is 1. The number of aromatic nitrogens is 1. The third kappa shape index (κ3) is 3.21. The molecule has 0 atom stereocenters. The molecule has 0 spiro atoms. The molecule has 0 bridgehead atoms. The van der Waals surface area contributed by atoms with Crippen molar-refractivity contribution in [1.29, 1.82) is 0 Å². The highest BCUT2D eigenvalue weighted by atomic mass is 32.1. The maximum absolute atomic E-state index is 9.51. The molecule has 4 heteroatoms. The van der Waals surface area contributed by atoms with Gasteiger partial charge in [0, 0.05) is 19.3 Å². The molecule has 1 aromatic heterocycles. The summed E-state index contributed by atoms with van der Waals surface area (Å²) in [7, 11) is 0. The molecule has 1 aliphatic heterocycles. The average molecular weight is 274 g/mol. The summed E-state index contributed by atoms with van der Waals surface area (Å²) < 4.78 is 0. The van der Waals surface area contributed by atoms with Crippen molar-refractivity contribution in [3.63, 3.8) is 0 Å². The molecule has 1 fully saturated rings. The highest BCUT2D eigenvalue weighted by molar-refractivity contribution is 7.15. The van der Waals surface area contributed by atoms with E-state index in [-0.39, 0.29) is 6.10 Å². The lowest BCUT2D eigenvalue weighted by molar-refractivity contribution is 0.0792. The highest BCUT2D eigenvalue weighted by Crippen LogP contribution is 2.26.